The van der Waals surface area contributed by atoms with Gasteiger partial charge in [0.05, 0.1) is 12.1 Å². The first-order valence-corrected chi connectivity index (χ1v) is 15.3. The van der Waals surface area contributed by atoms with Gasteiger partial charge in [0.25, 0.3) is 0 Å². The van der Waals surface area contributed by atoms with E-state index < -0.39 is 12.1 Å². The molecule has 3 amide bonds. The number of carboxylic acid groups (broad SMARTS) is 1. The average molecular weight is 682 g/mol. The molecule has 5 N–H and O–H groups in total. The zero-order chi connectivity index (χ0) is 34.3. The maximum absolute atomic E-state index is 13.5. The van der Waals surface area contributed by atoms with Crippen molar-refractivity contribution in [1.82, 2.24) is 14.9 Å². The Morgan fingerprint density at radius 3 is 2.44 bits per heavy atom. The number of urea groups is 1. The van der Waals surface area contributed by atoms with E-state index in [1.807, 2.05) is 60.7 Å². The SMILES string of the molecule is O=C(Nc1ccc2cc1CCc1cccc(c1)Nc1ncc(Cl)c(n1)N2)C1CCCN(C(=O)Nc2ccccc2)C1.O=C(O)C(F)(F)F. The topological polar surface area (TPSA) is 149 Å². The molecular weight excluding hydrogens is 651 g/mol. The van der Waals surface area contributed by atoms with Crippen LogP contribution in [0.3, 0.4) is 0 Å². The molecule has 2 aliphatic rings. The van der Waals surface area contributed by atoms with E-state index >= 15 is 0 Å². The van der Waals surface area contributed by atoms with Gasteiger partial charge in [-0.2, -0.15) is 18.2 Å². The van der Waals surface area contributed by atoms with Crippen molar-refractivity contribution in [2.45, 2.75) is 31.9 Å². The van der Waals surface area contributed by atoms with Crippen LogP contribution in [0.2, 0.25) is 5.02 Å². The van der Waals surface area contributed by atoms with Crippen molar-refractivity contribution in [3.63, 3.8) is 0 Å². The lowest BCUT2D eigenvalue weighted by Crippen LogP contribution is -2.45. The van der Waals surface area contributed by atoms with Crippen molar-refractivity contribution in [2.75, 3.05) is 34.4 Å². The molecule has 1 atom stereocenters. The number of carbonyl (C=O) groups is 3. The highest BCUT2D eigenvalue weighted by molar-refractivity contribution is 6.32. The molecule has 48 heavy (non-hydrogen) atoms. The van der Waals surface area contributed by atoms with Gasteiger partial charge in [-0.1, -0.05) is 41.9 Å². The van der Waals surface area contributed by atoms with Gasteiger partial charge in [-0.3, -0.25) is 4.79 Å². The number of benzene rings is 3. The van der Waals surface area contributed by atoms with Gasteiger partial charge in [-0.25, -0.2) is 14.6 Å². The monoisotopic (exact) mass is 681 g/mol. The highest BCUT2D eigenvalue weighted by Gasteiger charge is 2.38. The number of aliphatic carboxylic acids is 1. The summed E-state index contributed by atoms with van der Waals surface area (Å²) in [5, 5.41) is 20.1. The smallest absolute Gasteiger partial charge is 0.475 e. The second kappa shape index (κ2) is 15.0. The summed E-state index contributed by atoms with van der Waals surface area (Å²) in [6, 6.07) is 23.1. The van der Waals surface area contributed by atoms with Crippen LogP contribution < -0.4 is 21.3 Å². The molecule has 0 spiro atoms. The molecule has 0 aliphatic carbocycles. The van der Waals surface area contributed by atoms with Crippen LogP contribution in [0.15, 0.2) is 79.0 Å². The highest BCUT2D eigenvalue weighted by Crippen LogP contribution is 2.30. The minimum Gasteiger partial charge on any atom is -0.475 e. The lowest BCUT2D eigenvalue weighted by Gasteiger charge is -2.32. The molecular formula is C33H31ClF3N7O4. The van der Waals surface area contributed by atoms with Crippen LogP contribution >= 0.6 is 11.6 Å². The van der Waals surface area contributed by atoms with E-state index in [1.54, 1.807) is 11.1 Å². The fraction of sp³-hybridized carbons (Fsp3) is 0.242. The Morgan fingerprint density at radius 1 is 0.938 bits per heavy atom. The lowest BCUT2D eigenvalue weighted by atomic mass is 9.96. The first-order valence-electron chi connectivity index (χ1n) is 14.9. The number of para-hydroxylation sites is 1. The van der Waals surface area contributed by atoms with Crippen LogP contribution in [0.4, 0.5) is 52.5 Å². The molecule has 6 bridgehead atoms. The molecule has 1 unspecified atom stereocenters. The molecule has 3 aromatic carbocycles. The second-order valence-electron chi connectivity index (χ2n) is 11.1. The summed E-state index contributed by atoms with van der Waals surface area (Å²) in [6.45, 7) is 0.989. The van der Waals surface area contributed by atoms with E-state index in [-0.39, 0.29) is 17.9 Å². The predicted molar refractivity (Wildman–Crippen MR) is 176 cm³/mol. The number of anilines is 6. The Bertz CT molecular complexity index is 1790. The number of piperidine rings is 1. The van der Waals surface area contributed by atoms with Crippen LogP contribution in [-0.2, 0) is 22.4 Å². The van der Waals surface area contributed by atoms with Crippen molar-refractivity contribution in [3.8, 4) is 0 Å². The number of nitrogens with zero attached hydrogens (tertiary/aromatic N) is 3. The van der Waals surface area contributed by atoms with Crippen molar-refractivity contribution in [3.05, 3.63) is 95.1 Å². The molecule has 1 aromatic heterocycles. The van der Waals surface area contributed by atoms with Crippen LogP contribution in [0.1, 0.15) is 24.0 Å². The third-order valence-electron chi connectivity index (χ3n) is 7.58. The first kappa shape index (κ1) is 34.0. The summed E-state index contributed by atoms with van der Waals surface area (Å²) >= 11 is 6.39. The van der Waals surface area contributed by atoms with Crippen molar-refractivity contribution < 1.29 is 32.7 Å². The van der Waals surface area contributed by atoms with E-state index in [1.165, 1.54) is 0 Å². The normalized spacial score (nSPS) is 15.4. The van der Waals surface area contributed by atoms with E-state index in [2.05, 4.69) is 43.4 Å². The zero-order valence-corrected chi connectivity index (χ0v) is 26.1. The van der Waals surface area contributed by atoms with E-state index in [9.17, 15) is 22.8 Å². The van der Waals surface area contributed by atoms with Crippen LogP contribution in [0.5, 0.6) is 0 Å². The van der Waals surface area contributed by atoms with Crippen LogP contribution in [0, 0.1) is 5.92 Å². The van der Waals surface area contributed by atoms with Gasteiger partial charge in [-0.15, -0.1) is 0 Å². The molecule has 3 heterocycles. The maximum Gasteiger partial charge on any atom is 0.490 e. The Morgan fingerprint density at radius 2 is 1.69 bits per heavy atom. The number of carbonyl (C=O) groups excluding carboxylic acids is 2. The molecule has 250 valence electrons. The summed E-state index contributed by atoms with van der Waals surface area (Å²) in [7, 11) is 0. The Labute approximate surface area is 278 Å². The number of aryl methyl sites for hydroxylation is 2. The van der Waals surface area contributed by atoms with Gasteiger partial charge in [0.1, 0.15) is 5.02 Å². The maximum atomic E-state index is 13.5. The van der Waals surface area contributed by atoms with Crippen molar-refractivity contribution in [2.24, 2.45) is 5.92 Å². The molecule has 0 saturated carbocycles. The number of hydrogen-bond acceptors (Lipinski definition) is 7. The van der Waals surface area contributed by atoms with Crippen LogP contribution in [0.25, 0.3) is 0 Å². The first-order chi connectivity index (χ1) is 22.9. The molecule has 11 nitrogen and oxygen atoms in total. The van der Waals surface area contributed by atoms with Gasteiger partial charge < -0.3 is 31.3 Å². The van der Waals surface area contributed by atoms with Gasteiger partial charge in [0, 0.05) is 35.8 Å². The number of amides is 3. The lowest BCUT2D eigenvalue weighted by molar-refractivity contribution is -0.192. The summed E-state index contributed by atoms with van der Waals surface area (Å²) < 4.78 is 31.7. The largest absolute Gasteiger partial charge is 0.490 e. The average Bonchev–Trinajstić information content (AvgIpc) is 3.07. The van der Waals surface area contributed by atoms with Gasteiger partial charge in [0.15, 0.2) is 5.82 Å². The van der Waals surface area contributed by atoms with E-state index in [0.29, 0.717) is 36.3 Å². The number of rotatable bonds is 3. The molecule has 6 rings (SSSR count). The van der Waals surface area contributed by atoms with E-state index in [4.69, 9.17) is 21.5 Å². The summed E-state index contributed by atoms with van der Waals surface area (Å²) in [5.74, 6) is -2.22. The number of nitrogens with one attached hydrogen (secondary N) is 4. The minimum absolute atomic E-state index is 0.0863. The number of fused-ring (bicyclic) bond motifs is 6. The number of hydrogen-bond donors (Lipinski definition) is 5. The fourth-order valence-electron chi connectivity index (χ4n) is 5.20. The minimum atomic E-state index is -5.08. The predicted octanol–water partition coefficient (Wildman–Crippen LogP) is 7.23. The Hall–Kier alpha value is -5.37. The quantitative estimate of drug-likeness (QED) is 0.152. The molecule has 1 fully saturated rings. The summed E-state index contributed by atoms with van der Waals surface area (Å²) in [6.07, 6.45) is -0.544. The Balaban J connectivity index is 0.000000582. The third kappa shape index (κ3) is 9.12. The number of halogens is 4. The molecule has 1 saturated heterocycles. The van der Waals surface area contributed by atoms with Crippen LogP contribution in [-0.4, -0.2) is 57.1 Å². The zero-order valence-electron chi connectivity index (χ0n) is 25.4. The molecule has 15 heteroatoms. The van der Waals surface area contributed by atoms with E-state index in [0.717, 1.165) is 53.1 Å². The van der Waals surface area contributed by atoms with Crippen molar-refractivity contribution >= 4 is 64.0 Å². The summed E-state index contributed by atoms with van der Waals surface area (Å²) in [4.78, 5) is 45.8. The molecule has 2 aliphatic heterocycles. The molecule has 0 radical (unpaired) electrons. The number of aromatic nitrogens is 2. The fourth-order valence-corrected chi connectivity index (χ4v) is 5.34. The third-order valence-corrected chi connectivity index (χ3v) is 7.86. The number of carboxylic acids is 1. The van der Waals surface area contributed by atoms with Crippen molar-refractivity contribution in [1.29, 1.82) is 0 Å². The standard InChI is InChI=1S/C31H30ClN7O2.C2HF3O2/c32-26-18-33-30-35-24-10-4-6-20(16-24)11-12-21-17-25(34-28(26)38-30)13-14-27(21)37-29(40)22-7-5-15-39(19-22)31(41)36-23-8-2-1-3-9-23;3-2(4,5)1(6)7/h1-4,6,8-10,13-14,16-18,22H,5,7,11-12,15,19H2,(H,36,41)(H,37,40)(H2,33,34,35,38);(H,6,7). The summed E-state index contributed by atoms with van der Waals surface area (Å²) in [5.41, 5.74) is 5.31. The number of alkyl halides is 3. The second-order valence-corrected chi connectivity index (χ2v) is 11.5. The van der Waals surface area contributed by atoms with Gasteiger partial charge >= 0.3 is 18.2 Å². The Kier molecular flexibility index (Phi) is 10.6. The van der Waals surface area contributed by atoms with Gasteiger partial charge in [-0.05, 0) is 79.3 Å². The van der Waals surface area contributed by atoms with Gasteiger partial charge in [0.2, 0.25) is 11.9 Å². The highest BCUT2D eigenvalue weighted by atomic mass is 35.5. The number of likely N-dealkylation sites (tertiary alicyclic amines) is 1. The molecule has 4 aromatic rings.